The van der Waals surface area contributed by atoms with Crippen molar-refractivity contribution in [3.8, 4) is 0 Å². The van der Waals surface area contributed by atoms with Gasteiger partial charge in [-0.1, -0.05) is 137 Å². The summed E-state index contributed by atoms with van der Waals surface area (Å²) in [7, 11) is 26.3. The van der Waals surface area contributed by atoms with Crippen molar-refractivity contribution in [1.29, 1.82) is 0 Å². The fourth-order valence-corrected chi connectivity index (χ4v) is 22.8. The van der Waals surface area contributed by atoms with Crippen LogP contribution in [0.5, 0.6) is 0 Å². The second kappa shape index (κ2) is 58.2. The van der Waals surface area contributed by atoms with Gasteiger partial charge in [-0.15, -0.1) is 0 Å². The first kappa shape index (κ1) is 90.9. The van der Waals surface area contributed by atoms with E-state index in [1.807, 2.05) is 0 Å². The predicted molar refractivity (Wildman–Crippen MR) is 431 cm³/mol. The van der Waals surface area contributed by atoms with Crippen molar-refractivity contribution in [3.05, 3.63) is 0 Å². The van der Waals surface area contributed by atoms with Crippen LogP contribution in [0.2, 0.25) is 0 Å². The van der Waals surface area contributed by atoms with E-state index in [2.05, 4.69) is 219 Å². The minimum absolute atomic E-state index is 0.0677. The predicted octanol–water partition coefficient (Wildman–Crippen LogP) is 19.0. The molecule has 0 N–H and O–H groups in total. The summed E-state index contributed by atoms with van der Waals surface area (Å²) in [6.07, 6.45) is 40.0. The van der Waals surface area contributed by atoms with Gasteiger partial charge >= 0.3 is 11.9 Å². The zero-order chi connectivity index (χ0) is 69.3. The SMILES string of the molecule is CC(CCC(C)C(CCC1CCC(C(=O)OCCCCCCCCCCCCCCCCCCCCOC(=O)C2CCC(CCC(SCCN(C)C)C(C)CCC(SCCN(C)C)C(C)C)C(SCCN(C)C)C2)CC1SCCN(C)C)SCCN(C)C)SCCN(C)C. The quantitative estimate of drug-likeness (QED) is 0.0428. The molecule has 2 fully saturated rings. The molecule has 2 rings (SSSR count). The molecule has 10 nitrogen and oxygen atoms in total. The number of rotatable bonds is 62. The van der Waals surface area contributed by atoms with Gasteiger partial charge in [-0.05, 0) is 217 Å². The third kappa shape index (κ3) is 47.9. The number of ether oxygens (including phenoxy) is 2. The standard InChI is InChI=1S/C78H156N6O4S6/c1-64(2)72(90-57-49-80(8)9)45-37-66(4)74(92-59-51-82(12)13)47-44-69-40-42-71(63-76(69)94-61-53-84(16)17)78(86)88-55-35-33-31-29-27-25-23-21-19-18-20-22-24-26-28-30-32-34-54-87-77(85)70-41-39-68(75(62-70)93-60-52-83(14)15)43-46-73(91-58-50-81(10)11)65(3)36-38-67(5)89-56-48-79(6)7/h64-76H,18-63H2,1-17H3. The number of nitrogens with zero attached hydrogens (tertiary/aromatic N) is 6. The van der Waals surface area contributed by atoms with Crippen LogP contribution in [-0.2, 0) is 19.1 Å². The third-order valence-corrected chi connectivity index (χ3v) is 29.2. The Morgan fingerprint density at radius 2 is 0.649 bits per heavy atom. The van der Waals surface area contributed by atoms with E-state index in [0.29, 0.717) is 57.9 Å². The zero-order valence-electron chi connectivity index (χ0n) is 64.8. The molecular weight excluding hydrogens is 1280 g/mol. The summed E-state index contributed by atoms with van der Waals surface area (Å²) < 4.78 is 12.0. The van der Waals surface area contributed by atoms with E-state index in [-0.39, 0.29) is 23.8 Å². The molecule has 2 aliphatic carbocycles. The molecule has 2 aliphatic rings. The molecule has 0 aromatic carbocycles. The van der Waals surface area contributed by atoms with Crippen molar-refractivity contribution in [3.63, 3.8) is 0 Å². The topological polar surface area (TPSA) is 72.0 Å². The largest absolute Gasteiger partial charge is 0.465 e. The number of esters is 2. The molecular formula is C78H156N6O4S6. The number of thioether (sulfide) groups is 6. The van der Waals surface area contributed by atoms with Gasteiger partial charge in [0.2, 0.25) is 0 Å². The Bertz CT molecular complexity index is 1770. The number of unbranched alkanes of at least 4 members (excludes halogenated alkanes) is 17. The van der Waals surface area contributed by atoms with Crippen molar-refractivity contribution in [1.82, 2.24) is 29.4 Å². The number of hydrogen-bond donors (Lipinski definition) is 0. The molecule has 0 bridgehead atoms. The van der Waals surface area contributed by atoms with E-state index in [0.717, 1.165) is 106 Å². The Morgan fingerprint density at radius 1 is 0.351 bits per heavy atom. The van der Waals surface area contributed by atoms with E-state index in [9.17, 15) is 9.59 Å². The Hall–Kier alpha value is 0.800. The lowest BCUT2D eigenvalue weighted by Crippen LogP contribution is -2.34. The average Bonchev–Trinajstić information content (AvgIpc) is 0.884. The van der Waals surface area contributed by atoms with E-state index in [1.54, 1.807) is 0 Å². The van der Waals surface area contributed by atoms with Crippen molar-refractivity contribution in [2.75, 3.05) is 172 Å². The number of hydrogen-bond acceptors (Lipinski definition) is 16. The molecule has 558 valence electrons. The van der Waals surface area contributed by atoms with Crippen LogP contribution in [0.25, 0.3) is 0 Å². The highest BCUT2D eigenvalue weighted by atomic mass is 32.2. The second-order valence-electron chi connectivity index (χ2n) is 31.3. The van der Waals surface area contributed by atoms with Crippen LogP contribution in [0.15, 0.2) is 0 Å². The first-order valence-electron chi connectivity index (χ1n) is 39.0. The molecule has 0 amide bonds. The molecule has 0 spiro atoms. The second-order valence-corrected chi connectivity index (χ2v) is 39.6. The molecule has 0 aromatic heterocycles. The highest BCUT2D eigenvalue weighted by Crippen LogP contribution is 2.44. The van der Waals surface area contributed by atoms with Crippen LogP contribution in [-0.4, -0.2) is 244 Å². The van der Waals surface area contributed by atoms with Crippen molar-refractivity contribution >= 4 is 82.5 Å². The summed E-state index contributed by atoms with van der Waals surface area (Å²) in [5.74, 6) is 11.0. The average molecular weight is 1430 g/mol. The molecule has 12 atom stereocenters. The van der Waals surface area contributed by atoms with Crippen LogP contribution < -0.4 is 0 Å². The van der Waals surface area contributed by atoms with Gasteiger partial charge in [0, 0.05) is 105 Å². The highest BCUT2D eigenvalue weighted by molar-refractivity contribution is 8.01. The summed E-state index contributed by atoms with van der Waals surface area (Å²) in [5.41, 5.74) is 0. The summed E-state index contributed by atoms with van der Waals surface area (Å²) >= 11 is 13.1. The van der Waals surface area contributed by atoms with Gasteiger partial charge in [0.05, 0.1) is 25.0 Å². The van der Waals surface area contributed by atoms with Gasteiger partial charge < -0.3 is 38.9 Å². The van der Waals surface area contributed by atoms with Crippen molar-refractivity contribution in [2.45, 2.75) is 272 Å². The number of carbonyl (C=O) groups excluding carboxylic acids is 2. The van der Waals surface area contributed by atoms with E-state index in [1.165, 1.54) is 190 Å². The van der Waals surface area contributed by atoms with Gasteiger partial charge in [-0.2, -0.15) is 70.6 Å². The van der Waals surface area contributed by atoms with Crippen LogP contribution >= 0.6 is 70.6 Å². The van der Waals surface area contributed by atoms with Crippen LogP contribution in [0, 0.1) is 41.4 Å². The van der Waals surface area contributed by atoms with Crippen LogP contribution in [0.3, 0.4) is 0 Å². The lowest BCUT2D eigenvalue weighted by Gasteiger charge is -2.36. The molecule has 0 heterocycles. The van der Waals surface area contributed by atoms with E-state index < -0.39 is 0 Å². The minimum Gasteiger partial charge on any atom is -0.465 e. The maximum absolute atomic E-state index is 13.5. The summed E-state index contributed by atoms with van der Waals surface area (Å²) in [6, 6.07) is 0. The molecule has 0 saturated heterocycles. The minimum atomic E-state index is 0.0677. The lowest BCUT2D eigenvalue weighted by molar-refractivity contribution is -0.150. The molecule has 94 heavy (non-hydrogen) atoms. The first-order valence-corrected chi connectivity index (χ1v) is 45.3. The maximum atomic E-state index is 13.5. The fourth-order valence-electron chi connectivity index (χ4n) is 13.7. The molecule has 16 heteroatoms. The summed E-state index contributed by atoms with van der Waals surface area (Å²) in [4.78, 5) is 41.0. The van der Waals surface area contributed by atoms with Gasteiger partial charge in [-0.25, -0.2) is 0 Å². The normalized spacial score (nSPS) is 20.9. The van der Waals surface area contributed by atoms with E-state index >= 15 is 0 Å². The monoisotopic (exact) mass is 1430 g/mol. The molecule has 0 aromatic rings. The van der Waals surface area contributed by atoms with Crippen LogP contribution in [0.1, 0.15) is 240 Å². The molecule has 2 saturated carbocycles. The Kier molecular flexibility index (Phi) is 56.3. The van der Waals surface area contributed by atoms with Gasteiger partial charge in [0.25, 0.3) is 0 Å². The maximum Gasteiger partial charge on any atom is 0.308 e. The summed E-state index contributed by atoms with van der Waals surface area (Å²) in [5, 5.41) is 3.97. The smallest absolute Gasteiger partial charge is 0.308 e. The first-order chi connectivity index (χ1) is 45.1. The molecule has 12 unspecified atom stereocenters. The summed E-state index contributed by atoms with van der Waals surface area (Å²) in [6.45, 7) is 20.4. The van der Waals surface area contributed by atoms with Gasteiger partial charge in [0.15, 0.2) is 0 Å². The lowest BCUT2D eigenvalue weighted by atomic mass is 9.78. The van der Waals surface area contributed by atoms with Crippen LogP contribution in [0.4, 0.5) is 0 Å². The fraction of sp³-hybridized carbons (Fsp3) is 0.974. The van der Waals surface area contributed by atoms with Gasteiger partial charge in [0.1, 0.15) is 0 Å². The Labute approximate surface area is 611 Å². The molecule has 0 aliphatic heterocycles. The zero-order valence-corrected chi connectivity index (χ0v) is 69.7. The number of carbonyl (C=O) groups is 2. The van der Waals surface area contributed by atoms with E-state index in [4.69, 9.17) is 9.47 Å². The molecule has 0 radical (unpaired) electrons. The third-order valence-electron chi connectivity index (χ3n) is 20.4. The highest BCUT2D eigenvalue weighted by Gasteiger charge is 2.37. The Morgan fingerprint density at radius 3 is 0.979 bits per heavy atom. The van der Waals surface area contributed by atoms with Crippen molar-refractivity contribution < 1.29 is 19.1 Å². The van der Waals surface area contributed by atoms with Gasteiger partial charge in [-0.3, -0.25) is 9.59 Å². The Balaban J connectivity index is 1.58. The van der Waals surface area contributed by atoms with Crippen molar-refractivity contribution in [2.24, 2.45) is 41.4 Å².